The molecule has 1 saturated carbocycles. The molecule has 1 fully saturated rings. The lowest BCUT2D eigenvalue weighted by molar-refractivity contribution is 0.154. The van der Waals surface area contributed by atoms with Gasteiger partial charge in [0.2, 0.25) is 0 Å². The predicted octanol–water partition coefficient (Wildman–Crippen LogP) is 5.88. The zero-order chi connectivity index (χ0) is 20.6. The molecule has 154 valence electrons. The topological polar surface area (TPSA) is 79.5 Å². The van der Waals surface area contributed by atoms with Crippen LogP contribution in [0.15, 0.2) is 61.2 Å². The van der Waals surface area contributed by atoms with Gasteiger partial charge in [-0.25, -0.2) is 0 Å². The fraction of sp³-hybridized carbons (Fsp3) is 0.240. The first-order valence-corrected chi connectivity index (χ1v) is 10.9. The minimum Gasteiger partial charge on any atom is -0.489 e. The van der Waals surface area contributed by atoms with Gasteiger partial charge in [0.1, 0.15) is 11.4 Å². The van der Waals surface area contributed by atoms with E-state index in [1.165, 1.54) is 19.3 Å². The minimum absolute atomic E-state index is 0.310. The Bertz CT molecular complexity index is 1330. The van der Waals surface area contributed by atoms with Crippen LogP contribution in [0.4, 0.5) is 0 Å². The van der Waals surface area contributed by atoms with Gasteiger partial charge in [0.15, 0.2) is 0 Å². The van der Waals surface area contributed by atoms with Crippen molar-refractivity contribution in [1.82, 2.24) is 25.1 Å². The lowest BCUT2D eigenvalue weighted by atomic mass is 9.98. The van der Waals surface area contributed by atoms with E-state index in [4.69, 9.17) is 4.74 Å². The Morgan fingerprint density at radius 3 is 2.68 bits per heavy atom. The molecule has 31 heavy (non-hydrogen) atoms. The molecule has 4 aromatic heterocycles. The van der Waals surface area contributed by atoms with E-state index in [2.05, 4.69) is 55.5 Å². The monoisotopic (exact) mass is 409 g/mol. The predicted molar refractivity (Wildman–Crippen MR) is 122 cm³/mol. The molecule has 6 heteroatoms. The third-order valence-electron chi connectivity index (χ3n) is 6.14. The highest BCUT2D eigenvalue weighted by atomic mass is 16.5. The van der Waals surface area contributed by atoms with Gasteiger partial charge in [-0.1, -0.05) is 12.5 Å². The van der Waals surface area contributed by atoms with Crippen molar-refractivity contribution in [2.24, 2.45) is 0 Å². The van der Waals surface area contributed by atoms with Gasteiger partial charge in [0.05, 0.1) is 23.5 Å². The van der Waals surface area contributed by atoms with E-state index in [1.54, 1.807) is 6.20 Å². The number of ether oxygens (including phenoxy) is 1. The van der Waals surface area contributed by atoms with Crippen molar-refractivity contribution in [3.05, 3.63) is 61.2 Å². The molecule has 0 unspecified atom stereocenters. The molecule has 1 aliphatic carbocycles. The smallest absolute Gasteiger partial charge is 0.138 e. The number of pyridine rings is 2. The molecule has 0 bridgehead atoms. The van der Waals surface area contributed by atoms with Crippen molar-refractivity contribution in [2.75, 3.05) is 0 Å². The summed E-state index contributed by atoms with van der Waals surface area (Å²) in [6.07, 6.45) is 13.8. The summed E-state index contributed by atoms with van der Waals surface area (Å²) < 4.78 is 6.22. The fourth-order valence-electron chi connectivity index (χ4n) is 4.52. The number of nitrogens with one attached hydrogen (secondary N) is 2. The summed E-state index contributed by atoms with van der Waals surface area (Å²) in [5.41, 5.74) is 6.06. The molecular weight excluding hydrogens is 386 g/mol. The van der Waals surface area contributed by atoms with Crippen LogP contribution >= 0.6 is 0 Å². The maximum Gasteiger partial charge on any atom is 0.138 e. The molecule has 2 N–H and O–H groups in total. The minimum atomic E-state index is 0.310. The van der Waals surface area contributed by atoms with E-state index in [0.717, 1.165) is 62.9 Å². The van der Waals surface area contributed by atoms with Gasteiger partial charge in [-0.05, 0) is 61.6 Å². The van der Waals surface area contributed by atoms with Crippen molar-refractivity contribution in [2.45, 2.75) is 38.2 Å². The molecule has 0 aliphatic heterocycles. The Kier molecular flexibility index (Phi) is 4.41. The first-order chi connectivity index (χ1) is 15.3. The standard InChI is InChI=1S/C25H23N5O/c1-2-4-19(5-3-1)31-20-10-17(13-27-15-20)16-6-7-23-21(11-16)25(30-29-23)24-12-18-14-26-9-8-22(18)28-24/h6-15,19,28H,1-5H2,(H,29,30). The van der Waals surface area contributed by atoms with Crippen LogP contribution in [-0.2, 0) is 0 Å². The van der Waals surface area contributed by atoms with E-state index in [-0.39, 0.29) is 0 Å². The molecule has 0 atom stereocenters. The van der Waals surface area contributed by atoms with Gasteiger partial charge < -0.3 is 9.72 Å². The molecule has 6 nitrogen and oxygen atoms in total. The van der Waals surface area contributed by atoms with Crippen molar-refractivity contribution < 1.29 is 4.74 Å². The van der Waals surface area contributed by atoms with Crippen LogP contribution in [0, 0.1) is 0 Å². The van der Waals surface area contributed by atoms with E-state index in [9.17, 15) is 0 Å². The van der Waals surface area contributed by atoms with Crippen LogP contribution in [0.3, 0.4) is 0 Å². The molecule has 1 aromatic carbocycles. The van der Waals surface area contributed by atoms with Crippen molar-refractivity contribution in [3.8, 4) is 28.3 Å². The highest BCUT2D eigenvalue weighted by Crippen LogP contribution is 2.33. The summed E-state index contributed by atoms with van der Waals surface area (Å²) in [7, 11) is 0. The summed E-state index contributed by atoms with van der Waals surface area (Å²) in [5, 5.41) is 9.86. The maximum absolute atomic E-state index is 6.22. The van der Waals surface area contributed by atoms with Crippen LogP contribution in [0.2, 0.25) is 0 Å². The number of fused-ring (bicyclic) bond motifs is 2. The summed E-state index contributed by atoms with van der Waals surface area (Å²) >= 11 is 0. The van der Waals surface area contributed by atoms with E-state index in [0.29, 0.717) is 6.10 Å². The molecule has 5 aromatic rings. The number of aromatic amines is 2. The van der Waals surface area contributed by atoms with Gasteiger partial charge in [-0.3, -0.25) is 15.1 Å². The van der Waals surface area contributed by atoms with Crippen LogP contribution in [0.5, 0.6) is 5.75 Å². The SMILES string of the molecule is c1cc2[nH]c(-c3n[nH]c4ccc(-c5cncc(OC6CCCCC6)c5)cc34)cc2cn1. The molecule has 0 amide bonds. The van der Waals surface area contributed by atoms with Crippen LogP contribution in [-0.4, -0.2) is 31.3 Å². The lowest BCUT2D eigenvalue weighted by Gasteiger charge is -2.23. The number of nitrogens with zero attached hydrogens (tertiary/aromatic N) is 3. The Morgan fingerprint density at radius 1 is 0.839 bits per heavy atom. The molecule has 0 radical (unpaired) electrons. The zero-order valence-electron chi connectivity index (χ0n) is 17.1. The summed E-state index contributed by atoms with van der Waals surface area (Å²) in [6.45, 7) is 0. The Morgan fingerprint density at radius 2 is 1.77 bits per heavy atom. The van der Waals surface area contributed by atoms with Gasteiger partial charge in [-0.2, -0.15) is 5.10 Å². The number of H-pyrrole nitrogens is 2. The van der Waals surface area contributed by atoms with Gasteiger partial charge in [0.25, 0.3) is 0 Å². The summed E-state index contributed by atoms with van der Waals surface area (Å²) in [5.74, 6) is 0.847. The van der Waals surface area contributed by atoms with E-state index in [1.807, 2.05) is 24.7 Å². The highest BCUT2D eigenvalue weighted by molar-refractivity contribution is 5.97. The Balaban J connectivity index is 1.36. The van der Waals surface area contributed by atoms with Gasteiger partial charge >= 0.3 is 0 Å². The zero-order valence-corrected chi connectivity index (χ0v) is 17.1. The highest BCUT2D eigenvalue weighted by Gasteiger charge is 2.16. The second kappa shape index (κ2) is 7.54. The summed E-state index contributed by atoms with van der Waals surface area (Å²) in [4.78, 5) is 12.1. The molecule has 4 heterocycles. The van der Waals surface area contributed by atoms with Crippen LogP contribution < -0.4 is 4.74 Å². The largest absolute Gasteiger partial charge is 0.489 e. The second-order valence-electron chi connectivity index (χ2n) is 8.27. The second-order valence-corrected chi connectivity index (χ2v) is 8.27. The quantitative estimate of drug-likeness (QED) is 0.388. The summed E-state index contributed by atoms with van der Waals surface area (Å²) in [6, 6.07) is 12.5. The number of rotatable bonds is 4. The molecule has 0 spiro atoms. The molecule has 6 rings (SSSR count). The van der Waals surface area contributed by atoms with Crippen molar-refractivity contribution in [3.63, 3.8) is 0 Å². The average molecular weight is 409 g/mol. The molecule has 0 saturated heterocycles. The number of hydrogen-bond donors (Lipinski definition) is 2. The lowest BCUT2D eigenvalue weighted by Crippen LogP contribution is -2.19. The number of benzene rings is 1. The van der Waals surface area contributed by atoms with Gasteiger partial charge in [-0.15, -0.1) is 0 Å². The maximum atomic E-state index is 6.22. The Hall–Kier alpha value is -3.67. The Labute approximate surface area is 179 Å². The van der Waals surface area contributed by atoms with Crippen LogP contribution in [0.1, 0.15) is 32.1 Å². The first kappa shape index (κ1) is 18.1. The number of aromatic nitrogens is 5. The molecular formula is C25H23N5O. The van der Waals surface area contributed by atoms with Crippen molar-refractivity contribution in [1.29, 1.82) is 0 Å². The van der Waals surface area contributed by atoms with Crippen LogP contribution in [0.25, 0.3) is 44.3 Å². The number of hydrogen-bond acceptors (Lipinski definition) is 4. The third kappa shape index (κ3) is 3.44. The molecule has 1 aliphatic rings. The fourth-order valence-corrected chi connectivity index (χ4v) is 4.52. The van der Waals surface area contributed by atoms with Crippen molar-refractivity contribution >= 4 is 21.8 Å². The average Bonchev–Trinajstić information content (AvgIpc) is 3.43. The first-order valence-electron chi connectivity index (χ1n) is 10.9. The normalized spacial score (nSPS) is 15.0. The van der Waals surface area contributed by atoms with Gasteiger partial charge in [0, 0.05) is 40.4 Å². The third-order valence-corrected chi connectivity index (χ3v) is 6.14. The van der Waals surface area contributed by atoms with E-state index >= 15 is 0 Å². The van der Waals surface area contributed by atoms with E-state index < -0.39 is 0 Å².